The van der Waals surface area contributed by atoms with E-state index in [2.05, 4.69) is 10.3 Å². The Morgan fingerprint density at radius 1 is 1.27 bits per heavy atom. The number of nitrogens with zero attached hydrogens (tertiary/aromatic N) is 4. The van der Waals surface area contributed by atoms with Crippen LogP contribution in [-0.4, -0.2) is 26.2 Å². The van der Waals surface area contributed by atoms with Gasteiger partial charge in [0.2, 0.25) is 0 Å². The molecule has 0 radical (unpaired) electrons. The van der Waals surface area contributed by atoms with E-state index in [1.165, 1.54) is 18.6 Å². The fourth-order valence-corrected chi connectivity index (χ4v) is 3.07. The first-order valence-corrected chi connectivity index (χ1v) is 7.36. The first-order chi connectivity index (χ1) is 10.7. The highest BCUT2D eigenvalue weighted by Gasteiger charge is 2.25. The number of rotatable bonds is 4. The van der Waals surface area contributed by atoms with Crippen molar-refractivity contribution in [1.82, 2.24) is 15.0 Å². The molecule has 114 valence electrons. The average molecular weight is 300 g/mol. The zero-order chi connectivity index (χ0) is 15.5. The molecular formula is C15H16N4O3. The first kappa shape index (κ1) is 14.4. The normalized spacial score (nSPS) is 15.6. The Morgan fingerprint density at radius 3 is 2.73 bits per heavy atom. The van der Waals surface area contributed by atoms with Crippen LogP contribution < -0.4 is 0 Å². The smallest absolute Gasteiger partial charge is 0.271 e. The number of non-ortho nitro benzene ring substituents is 1. The third kappa shape index (κ3) is 2.61. The number of hydrogen-bond donors (Lipinski definition) is 0. The molecule has 0 atom stereocenters. The van der Waals surface area contributed by atoms with E-state index < -0.39 is 4.92 Å². The summed E-state index contributed by atoms with van der Waals surface area (Å²) in [7, 11) is 0. The van der Waals surface area contributed by atoms with Crippen LogP contribution in [0.1, 0.15) is 54.2 Å². The van der Waals surface area contributed by atoms with Gasteiger partial charge in [0.25, 0.3) is 5.69 Å². The minimum Gasteiger partial charge on any atom is -0.296 e. The van der Waals surface area contributed by atoms with Gasteiger partial charge in [0.05, 0.1) is 16.3 Å². The van der Waals surface area contributed by atoms with E-state index in [1.807, 2.05) is 0 Å². The Labute approximate surface area is 127 Å². The maximum absolute atomic E-state index is 11.3. The highest BCUT2D eigenvalue weighted by Crippen LogP contribution is 2.34. The molecule has 0 N–H and O–H groups in total. The average Bonchev–Trinajstić information content (AvgIpc) is 2.99. The van der Waals surface area contributed by atoms with Crippen LogP contribution in [0.15, 0.2) is 24.3 Å². The zero-order valence-corrected chi connectivity index (χ0v) is 12.0. The molecule has 1 aliphatic rings. The van der Waals surface area contributed by atoms with Gasteiger partial charge in [-0.25, -0.2) is 4.68 Å². The summed E-state index contributed by atoms with van der Waals surface area (Å²) in [6.07, 6.45) is 6.12. The SMILES string of the molecule is O=Cc1nnn(-c2cccc([N+](=O)[O-])c2)c1C1CCCCC1. The molecule has 22 heavy (non-hydrogen) atoms. The van der Waals surface area contributed by atoms with Crippen molar-refractivity contribution in [3.05, 3.63) is 45.8 Å². The van der Waals surface area contributed by atoms with Crippen LogP contribution >= 0.6 is 0 Å². The summed E-state index contributed by atoms with van der Waals surface area (Å²) in [5.74, 6) is 0.225. The fraction of sp³-hybridized carbons (Fsp3) is 0.400. The maximum atomic E-state index is 11.3. The van der Waals surface area contributed by atoms with Crippen molar-refractivity contribution in [2.75, 3.05) is 0 Å². The molecule has 1 heterocycles. The quantitative estimate of drug-likeness (QED) is 0.491. The van der Waals surface area contributed by atoms with E-state index >= 15 is 0 Å². The molecule has 3 rings (SSSR count). The number of carbonyl (C=O) groups excluding carboxylic acids is 1. The monoisotopic (exact) mass is 300 g/mol. The van der Waals surface area contributed by atoms with E-state index in [9.17, 15) is 14.9 Å². The molecule has 0 bridgehead atoms. The Balaban J connectivity index is 2.07. The lowest BCUT2D eigenvalue weighted by molar-refractivity contribution is -0.384. The number of nitro benzene ring substituents is 1. The van der Waals surface area contributed by atoms with E-state index in [-0.39, 0.29) is 11.6 Å². The summed E-state index contributed by atoms with van der Waals surface area (Å²) in [6.45, 7) is 0. The van der Waals surface area contributed by atoms with Gasteiger partial charge in [-0.1, -0.05) is 30.5 Å². The molecule has 0 aliphatic heterocycles. The number of carbonyl (C=O) groups is 1. The fourth-order valence-electron chi connectivity index (χ4n) is 3.07. The van der Waals surface area contributed by atoms with E-state index in [0.29, 0.717) is 17.7 Å². The molecular weight excluding hydrogens is 284 g/mol. The van der Waals surface area contributed by atoms with Gasteiger partial charge in [0.15, 0.2) is 6.29 Å². The molecule has 2 aromatic rings. The molecule has 1 aliphatic carbocycles. The highest BCUT2D eigenvalue weighted by molar-refractivity contribution is 5.74. The van der Waals surface area contributed by atoms with Crippen molar-refractivity contribution in [2.24, 2.45) is 0 Å². The summed E-state index contributed by atoms with van der Waals surface area (Å²) in [5, 5.41) is 18.9. The molecule has 7 nitrogen and oxygen atoms in total. The van der Waals surface area contributed by atoms with Crippen LogP contribution in [0.25, 0.3) is 5.69 Å². The predicted molar refractivity (Wildman–Crippen MR) is 79.2 cm³/mol. The van der Waals surface area contributed by atoms with Crippen molar-refractivity contribution in [2.45, 2.75) is 38.0 Å². The number of hydrogen-bond acceptors (Lipinski definition) is 5. The number of aldehydes is 1. The van der Waals surface area contributed by atoms with Gasteiger partial charge in [-0.05, 0) is 18.9 Å². The minimum atomic E-state index is -0.443. The number of benzene rings is 1. The standard InChI is InChI=1S/C15H16N4O3/c20-10-14-15(11-5-2-1-3-6-11)18(17-16-14)12-7-4-8-13(9-12)19(21)22/h4,7-11H,1-3,5-6H2. The van der Waals surface area contributed by atoms with Crippen molar-refractivity contribution >= 4 is 12.0 Å². The molecule has 0 amide bonds. The molecule has 1 saturated carbocycles. The second-order valence-corrected chi connectivity index (χ2v) is 5.50. The third-order valence-electron chi connectivity index (χ3n) is 4.12. The van der Waals surface area contributed by atoms with E-state index in [1.54, 1.807) is 16.8 Å². The third-order valence-corrected chi connectivity index (χ3v) is 4.12. The maximum Gasteiger partial charge on any atom is 0.271 e. The van der Waals surface area contributed by atoms with Crippen LogP contribution in [0.5, 0.6) is 0 Å². The molecule has 0 unspecified atom stereocenters. The molecule has 0 saturated heterocycles. The molecule has 1 aromatic heterocycles. The highest BCUT2D eigenvalue weighted by atomic mass is 16.6. The lowest BCUT2D eigenvalue weighted by Crippen LogP contribution is -2.12. The summed E-state index contributed by atoms with van der Waals surface area (Å²) in [6, 6.07) is 6.24. The Kier molecular flexibility index (Phi) is 3.95. The summed E-state index contributed by atoms with van der Waals surface area (Å²) < 4.78 is 1.58. The van der Waals surface area contributed by atoms with Crippen LogP contribution in [0.2, 0.25) is 0 Å². The van der Waals surface area contributed by atoms with Gasteiger partial charge in [-0.3, -0.25) is 14.9 Å². The Bertz CT molecular complexity index is 705. The van der Waals surface area contributed by atoms with Gasteiger partial charge in [-0.2, -0.15) is 0 Å². The minimum absolute atomic E-state index is 0.00440. The van der Waals surface area contributed by atoms with E-state index in [4.69, 9.17) is 0 Å². The molecule has 7 heteroatoms. The lowest BCUT2D eigenvalue weighted by Gasteiger charge is -2.22. The molecule has 0 spiro atoms. The predicted octanol–water partition coefficient (Wildman–Crippen LogP) is 3.04. The van der Waals surface area contributed by atoms with Crippen molar-refractivity contribution < 1.29 is 9.72 Å². The molecule has 1 aromatic carbocycles. The number of aromatic nitrogens is 3. The topological polar surface area (TPSA) is 90.9 Å². The van der Waals surface area contributed by atoms with Crippen LogP contribution in [0.4, 0.5) is 5.69 Å². The van der Waals surface area contributed by atoms with Gasteiger partial charge in [0, 0.05) is 18.1 Å². The second-order valence-electron chi connectivity index (χ2n) is 5.50. The van der Waals surface area contributed by atoms with Crippen molar-refractivity contribution in [3.8, 4) is 5.69 Å². The van der Waals surface area contributed by atoms with Gasteiger partial charge in [-0.15, -0.1) is 5.10 Å². The van der Waals surface area contributed by atoms with Gasteiger partial charge < -0.3 is 0 Å². The zero-order valence-electron chi connectivity index (χ0n) is 12.0. The largest absolute Gasteiger partial charge is 0.296 e. The van der Waals surface area contributed by atoms with Gasteiger partial charge >= 0.3 is 0 Å². The van der Waals surface area contributed by atoms with Crippen molar-refractivity contribution in [3.63, 3.8) is 0 Å². The Hall–Kier alpha value is -2.57. The number of nitro groups is 1. The van der Waals surface area contributed by atoms with E-state index in [0.717, 1.165) is 31.4 Å². The summed E-state index contributed by atoms with van der Waals surface area (Å²) in [4.78, 5) is 21.8. The van der Waals surface area contributed by atoms with Gasteiger partial charge in [0.1, 0.15) is 5.69 Å². The van der Waals surface area contributed by atoms with Crippen LogP contribution in [-0.2, 0) is 0 Å². The molecule has 1 fully saturated rings. The first-order valence-electron chi connectivity index (χ1n) is 7.36. The summed E-state index contributed by atoms with van der Waals surface area (Å²) >= 11 is 0. The summed E-state index contributed by atoms with van der Waals surface area (Å²) in [5.41, 5.74) is 1.67. The second kappa shape index (κ2) is 6.05. The van der Waals surface area contributed by atoms with Crippen LogP contribution in [0.3, 0.4) is 0 Å². The Morgan fingerprint density at radius 2 is 2.05 bits per heavy atom. The van der Waals surface area contributed by atoms with Crippen LogP contribution in [0, 0.1) is 10.1 Å². The van der Waals surface area contributed by atoms with Crippen molar-refractivity contribution in [1.29, 1.82) is 0 Å². The lowest BCUT2D eigenvalue weighted by atomic mass is 9.86.